The maximum Gasteiger partial charge on any atom is 0.407 e. The standard InChI is InChI=1S/C33H47N7O6/c1-3-4-5-6-7-8-9-10-11-12-13-14-15-16-17-18-19-20-29(41)35-21-22-39(33(44)45)25-28-27(37-38-34)23-30(46-28)40-24-26(2)31(42)36-32(40)43/h4-5,7-8,10-11,13-14,16-17,24,27-28,30,34H,3,6,9,12,15,18-23,25H2,1-2H3,(H2-,35,36,41,42,43,44,45)/p+1/t27-,28-,30-/m0/s1. The van der Waals surface area contributed by atoms with Crippen molar-refractivity contribution in [1.82, 2.24) is 24.7 Å². The smallest absolute Gasteiger partial charge is 0.407 e. The highest BCUT2D eigenvalue weighted by Crippen LogP contribution is 2.30. The van der Waals surface area contributed by atoms with Gasteiger partial charge >= 0.3 is 11.8 Å². The Balaban J connectivity index is 1.67. The molecule has 2 heterocycles. The Morgan fingerprint density at radius 2 is 1.70 bits per heavy atom. The second kappa shape index (κ2) is 22.0. The van der Waals surface area contributed by atoms with E-state index in [4.69, 9.17) is 10.3 Å². The molecule has 1 aromatic rings. The van der Waals surface area contributed by atoms with Crippen LogP contribution in [0.15, 0.2) is 81.7 Å². The van der Waals surface area contributed by atoms with E-state index in [9.17, 15) is 24.3 Å². The van der Waals surface area contributed by atoms with Crippen LogP contribution in [0.3, 0.4) is 0 Å². The van der Waals surface area contributed by atoms with E-state index in [-0.39, 0.29) is 32.0 Å². The van der Waals surface area contributed by atoms with Gasteiger partial charge in [-0.3, -0.25) is 19.1 Å². The van der Waals surface area contributed by atoms with Gasteiger partial charge in [-0.05, 0) is 51.9 Å². The average Bonchev–Trinajstić information content (AvgIpc) is 3.41. The fourth-order valence-corrected chi connectivity index (χ4v) is 4.70. The molecule has 0 spiro atoms. The van der Waals surface area contributed by atoms with Gasteiger partial charge in [-0.25, -0.2) is 9.59 Å². The van der Waals surface area contributed by atoms with Gasteiger partial charge in [0.2, 0.25) is 10.8 Å². The number of carbonyl (C=O) groups excluding carboxylic acids is 1. The number of allylic oxidation sites excluding steroid dienone is 10. The summed E-state index contributed by atoms with van der Waals surface area (Å²) in [6, 6.07) is -0.672. The molecule has 1 aliphatic rings. The van der Waals surface area contributed by atoms with Crippen LogP contribution >= 0.6 is 0 Å². The summed E-state index contributed by atoms with van der Waals surface area (Å²) in [5.41, 5.74) is 6.26. The minimum atomic E-state index is -1.21. The fraction of sp³-hybridized carbons (Fsp3) is 0.515. The second-order valence-corrected chi connectivity index (χ2v) is 10.8. The molecule has 2 rings (SSSR count). The van der Waals surface area contributed by atoms with E-state index in [1.165, 1.54) is 10.8 Å². The molecule has 0 saturated carbocycles. The highest BCUT2D eigenvalue weighted by Gasteiger charge is 2.41. The van der Waals surface area contributed by atoms with Crippen molar-refractivity contribution >= 4 is 12.0 Å². The third kappa shape index (κ3) is 14.4. The summed E-state index contributed by atoms with van der Waals surface area (Å²) < 4.78 is 7.15. The van der Waals surface area contributed by atoms with Crippen molar-refractivity contribution in [2.75, 3.05) is 19.6 Å². The molecule has 0 radical (unpaired) electrons. The van der Waals surface area contributed by atoms with Gasteiger partial charge in [-0.2, -0.15) is 0 Å². The molecular weight excluding hydrogens is 590 g/mol. The lowest BCUT2D eigenvalue weighted by Gasteiger charge is -2.24. The SMILES string of the molecule is CCC=CCC=CCC=CCC=CCC=CCCCC(=O)NCCN(C[C@@H]1O[C@H](n2cc(C)c(=O)[nH]c2=O)C[C@@H]1N=[N+]=N)C(=O)O. The van der Waals surface area contributed by atoms with E-state index in [2.05, 4.69) is 88.0 Å². The molecule has 0 aliphatic carbocycles. The van der Waals surface area contributed by atoms with Crippen LogP contribution in [0.5, 0.6) is 0 Å². The van der Waals surface area contributed by atoms with Crippen molar-refractivity contribution in [2.45, 2.75) is 90.0 Å². The zero-order valence-electron chi connectivity index (χ0n) is 26.8. The van der Waals surface area contributed by atoms with E-state index in [0.29, 0.717) is 18.4 Å². The molecule has 1 aliphatic heterocycles. The Morgan fingerprint density at radius 1 is 1.09 bits per heavy atom. The number of rotatable bonds is 20. The molecule has 1 aromatic heterocycles. The number of hydrogen-bond donors (Lipinski definition) is 4. The molecule has 46 heavy (non-hydrogen) atoms. The van der Waals surface area contributed by atoms with Gasteiger partial charge in [0.1, 0.15) is 23.0 Å². The molecule has 13 heteroatoms. The van der Waals surface area contributed by atoms with Crippen LogP contribution < -0.4 is 21.5 Å². The Bertz CT molecular complexity index is 1420. The predicted octanol–water partition coefficient (Wildman–Crippen LogP) is 5.07. The number of carbonyl (C=O) groups is 2. The first-order valence-corrected chi connectivity index (χ1v) is 15.8. The molecule has 1 fully saturated rings. The lowest BCUT2D eigenvalue weighted by atomic mass is 10.1. The van der Waals surface area contributed by atoms with Crippen LogP contribution in [-0.4, -0.2) is 63.3 Å². The molecule has 0 unspecified atom stereocenters. The third-order valence-electron chi connectivity index (χ3n) is 7.17. The number of amides is 2. The van der Waals surface area contributed by atoms with Crippen LogP contribution in [0.4, 0.5) is 4.79 Å². The molecule has 0 bridgehead atoms. The van der Waals surface area contributed by atoms with Gasteiger partial charge in [0, 0.05) is 37.7 Å². The van der Waals surface area contributed by atoms with Crippen LogP contribution in [0, 0.1) is 12.5 Å². The van der Waals surface area contributed by atoms with Crippen LogP contribution in [0.1, 0.15) is 76.5 Å². The lowest BCUT2D eigenvalue weighted by molar-refractivity contribution is -0.121. The number of aromatic amines is 1. The molecular formula is C33H48N7O6+. The maximum atomic E-state index is 12.3. The summed E-state index contributed by atoms with van der Waals surface area (Å²) in [6.07, 6.45) is 26.6. The maximum absolute atomic E-state index is 12.3. The number of aromatic nitrogens is 2. The lowest BCUT2D eigenvalue weighted by Crippen LogP contribution is -2.44. The zero-order chi connectivity index (χ0) is 33.6. The summed E-state index contributed by atoms with van der Waals surface area (Å²) in [4.78, 5) is 54.6. The minimum absolute atomic E-state index is 0.0167. The highest BCUT2D eigenvalue weighted by atomic mass is 16.5. The van der Waals surface area contributed by atoms with Gasteiger partial charge in [0.25, 0.3) is 5.56 Å². The van der Waals surface area contributed by atoms with Crippen LogP contribution in [-0.2, 0) is 9.53 Å². The van der Waals surface area contributed by atoms with E-state index in [1.807, 2.05) is 0 Å². The molecule has 0 aromatic carbocycles. The number of carboxylic acid groups (broad SMARTS) is 1. The van der Waals surface area contributed by atoms with Crippen molar-refractivity contribution in [2.24, 2.45) is 5.11 Å². The normalized spacial score (nSPS) is 18.3. The number of H-pyrrole nitrogens is 1. The monoisotopic (exact) mass is 638 g/mol. The number of nitrogens with one attached hydrogen (secondary N) is 3. The first-order chi connectivity index (χ1) is 22.3. The van der Waals surface area contributed by atoms with Gasteiger partial charge < -0.3 is 20.1 Å². The number of unbranched alkanes of at least 4 members (excludes halogenated alkanes) is 1. The number of hydrogen-bond acceptors (Lipinski definition) is 7. The van der Waals surface area contributed by atoms with Gasteiger partial charge in [-0.1, -0.05) is 67.7 Å². The summed E-state index contributed by atoms with van der Waals surface area (Å²) in [6.45, 7) is 3.71. The van der Waals surface area contributed by atoms with E-state index in [0.717, 1.165) is 43.4 Å². The molecule has 13 nitrogen and oxygen atoms in total. The zero-order valence-corrected chi connectivity index (χ0v) is 26.8. The highest BCUT2D eigenvalue weighted by molar-refractivity contribution is 5.75. The second-order valence-electron chi connectivity index (χ2n) is 10.8. The summed E-state index contributed by atoms with van der Waals surface area (Å²) in [7, 11) is 0. The van der Waals surface area contributed by atoms with Gasteiger partial charge in [0.15, 0.2) is 6.04 Å². The van der Waals surface area contributed by atoms with Crippen molar-refractivity contribution in [1.29, 1.82) is 5.53 Å². The van der Waals surface area contributed by atoms with Gasteiger partial charge in [-0.15, -0.1) is 0 Å². The van der Waals surface area contributed by atoms with E-state index >= 15 is 0 Å². The van der Waals surface area contributed by atoms with Crippen molar-refractivity contribution in [3.8, 4) is 0 Å². The Kier molecular flexibility index (Phi) is 18.0. The first kappa shape index (κ1) is 37.6. The predicted molar refractivity (Wildman–Crippen MR) is 177 cm³/mol. The Labute approximate surface area is 269 Å². The molecule has 250 valence electrons. The number of aryl methyl sites for hydroxylation is 1. The number of ether oxygens (including phenoxy) is 1. The summed E-state index contributed by atoms with van der Waals surface area (Å²) >= 11 is 0. The molecule has 1 saturated heterocycles. The first-order valence-electron chi connectivity index (χ1n) is 15.8. The topological polar surface area (TPSA) is 184 Å². The number of nitrogens with zero attached hydrogens (tertiary/aromatic N) is 4. The summed E-state index contributed by atoms with van der Waals surface area (Å²) in [5.74, 6) is -0.163. The van der Waals surface area contributed by atoms with Crippen molar-refractivity contribution < 1.29 is 19.4 Å². The largest absolute Gasteiger partial charge is 0.465 e. The van der Waals surface area contributed by atoms with Crippen LogP contribution in [0.2, 0.25) is 0 Å². The fourth-order valence-electron chi connectivity index (χ4n) is 4.70. The van der Waals surface area contributed by atoms with Crippen molar-refractivity contribution in [3.05, 3.63) is 93.4 Å². The van der Waals surface area contributed by atoms with Crippen molar-refractivity contribution in [3.63, 3.8) is 0 Å². The molecule has 4 N–H and O–H groups in total. The molecule has 2 amide bonds. The quantitative estimate of drug-likeness (QED) is 0.0669. The third-order valence-corrected chi connectivity index (χ3v) is 7.17. The van der Waals surface area contributed by atoms with Crippen LogP contribution in [0.25, 0.3) is 0 Å². The average molecular weight is 639 g/mol. The Morgan fingerprint density at radius 3 is 2.28 bits per heavy atom. The Hall–Kier alpha value is -4.61. The van der Waals surface area contributed by atoms with Gasteiger partial charge in [0.05, 0.1) is 6.54 Å². The van der Waals surface area contributed by atoms with E-state index in [1.54, 1.807) is 6.92 Å². The minimum Gasteiger partial charge on any atom is -0.465 e. The summed E-state index contributed by atoms with van der Waals surface area (Å²) in [5, 5.41) is 16.3. The molecule has 3 atom stereocenters. The van der Waals surface area contributed by atoms with E-state index < -0.39 is 35.7 Å².